The van der Waals surface area contributed by atoms with E-state index in [9.17, 15) is 0 Å². The number of benzene rings is 2. The first kappa shape index (κ1) is 11.9. The molecule has 0 aliphatic heterocycles. The molecule has 1 fully saturated rings. The summed E-state index contributed by atoms with van der Waals surface area (Å²) in [6, 6.07) is 16.2. The fourth-order valence-electron chi connectivity index (χ4n) is 2.14. The maximum atomic E-state index is 6.00. The molecule has 0 bridgehead atoms. The van der Waals surface area contributed by atoms with Gasteiger partial charge >= 0.3 is 0 Å². The van der Waals surface area contributed by atoms with Crippen molar-refractivity contribution < 1.29 is 4.74 Å². The molecule has 0 spiro atoms. The van der Waals surface area contributed by atoms with Crippen molar-refractivity contribution >= 4 is 0 Å². The zero-order valence-corrected chi connectivity index (χ0v) is 10.8. The summed E-state index contributed by atoms with van der Waals surface area (Å²) in [7, 11) is 0. The van der Waals surface area contributed by atoms with Crippen LogP contribution in [0, 0.1) is 18.3 Å². The Labute approximate surface area is 114 Å². The fourth-order valence-corrected chi connectivity index (χ4v) is 2.14. The van der Waals surface area contributed by atoms with Crippen LogP contribution >= 0.6 is 0 Å². The summed E-state index contributed by atoms with van der Waals surface area (Å²) in [5.74, 6) is 4.29. The van der Waals surface area contributed by atoms with Crippen LogP contribution in [-0.4, -0.2) is 6.61 Å². The lowest BCUT2D eigenvalue weighted by molar-refractivity contribution is 0.300. The first-order valence-electron chi connectivity index (χ1n) is 6.66. The fraction of sp³-hybridized carbons (Fsp3) is 0.222. The van der Waals surface area contributed by atoms with Gasteiger partial charge in [-0.15, -0.1) is 6.42 Å². The molecule has 0 N–H and O–H groups in total. The van der Waals surface area contributed by atoms with Gasteiger partial charge in [0.05, 0.1) is 12.2 Å². The molecule has 3 rings (SSSR count). The Kier molecular flexibility index (Phi) is 3.25. The second-order valence-corrected chi connectivity index (χ2v) is 4.95. The molecule has 0 aromatic heterocycles. The van der Waals surface area contributed by atoms with E-state index in [-0.39, 0.29) is 0 Å². The van der Waals surface area contributed by atoms with Crippen LogP contribution in [0.4, 0.5) is 0 Å². The number of hydrogen-bond donors (Lipinski definition) is 0. The molecule has 1 aliphatic carbocycles. The Morgan fingerprint density at radius 2 is 1.84 bits per heavy atom. The molecule has 0 atom stereocenters. The zero-order chi connectivity index (χ0) is 13.1. The lowest BCUT2D eigenvalue weighted by Crippen LogP contribution is -2.02. The average molecular weight is 248 g/mol. The predicted octanol–water partition coefficient (Wildman–Crippen LogP) is 4.12. The van der Waals surface area contributed by atoms with Gasteiger partial charge in [0.15, 0.2) is 0 Å². The van der Waals surface area contributed by atoms with Crippen molar-refractivity contribution in [1.82, 2.24) is 0 Å². The standard InChI is InChI=1S/C18H16O/c1-2-15-9-6-10-17(16-7-4-3-5-8-16)18(15)19-13-14-11-12-14/h1,3-10,14H,11-13H2. The molecule has 0 saturated heterocycles. The van der Waals surface area contributed by atoms with Gasteiger partial charge in [-0.2, -0.15) is 0 Å². The third-order valence-electron chi connectivity index (χ3n) is 3.42. The van der Waals surface area contributed by atoms with Gasteiger partial charge in [0.1, 0.15) is 5.75 Å². The van der Waals surface area contributed by atoms with Gasteiger partial charge in [-0.05, 0) is 30.4 Å². The highest BCUT2D eigenvalue weighted by Gasteiger charge is 2.23. The van der Waals surface area contributed by atoms with Gasteiger partial charge in [-0.3, -0.25) is 0 Å². The zero-order valence-electron chi connectivity index (χ0n) is 10.8. The first-order chi connectivity index (χ1) is 9.38. The third-order valence-corrected chi connectivity index (χ3v) is 3.42. The highest BCUT2D eigenvalue weighted by molar-refractivity contribution is 5.73. The number of hydrogen-bond acceptors (Lipinski definition) is 1. The molecular weight excluding hydrogens is 232 g/mol. The van der Waals surface area contributed by atoms with Crippen LogP contribution in [0.5, 0.6) is 5.75 Å². The van der Waals surface area contributed by atoms with Crippen molar-refractivity contribution in [3.63, 3.8) is 0 Å². The lowest BCUT2D eigenvalue weighted by Gasteiger charge is -2.13. The SMILES string of the molecule is C#Cc1cccc(-c2ccccc2)c1OCC1CC1. The topological polar surface area (TPSA) is 9.23 Å². The Balaban J connectivity index is 2.00. The van der Waals surface area contributed by atoms with E-state index in [0.717, 1.165) is 35.0 Å². The van der Waals surface area contributed by atoms with E-state index in [4.69, 9.17) is 11.2 Å². The van der Waals surface area contributed by atoms with E-state index in [2.05, 4.69) is 24.1 Å². The maximum absolute atomic E-state index is 6.00. The molecule has 1 saturated carbocycles. The molecule has 1 aliphatic rings. The van der Waals surface area contributed by atoms with Crippen molar-refractivity contribution in [3.8, 4) is 29.2 Å². The molecule has 0 radical (unpaired) electrons. The van der Waals surface area contributed by atoms with E-state index in [0.29, 0.717) is 0 Å². The Morgan fingerprint density at radius 1 is 1.05 bits per heavy atom. The van der Waals surface area contributed by atoms with E-state index in [1.54, 1.807) is 0 Å². The highest BCUT2D eigenvalue weighted by Crippen LogP contribution is 2.35. The van der Waals surface area contributed by atoms with Crippen molar-refractivity contribution in [2.75, 3.05) is 6.61 Å². The van der Waals surface area contributed by atoms with Crippen LogP contribution in [-0.2, 0) is 0 Å². The minimum Gasteiger partial charge on any atom is -0.491 e. The summed E-state index contributed by atoms with van der Waals surface area (Å²) < 4.78 is 6.00. The molecular formula is C18H16O. The molecule has 0 unspecified atom stereocenters. The second-order valence-electron chi connectivity index (χ2n) is 4.95. The van der Waals surface area contributed by atoms with E-state index < -0.39 is 0 Å². The number of terminal acetylenes is 1. The molecule has 0 heterocycles. The third kappa shape index (κ3) is 2.63. The van der Waals surface area contributed by atoms with Crippen LogP contribution in [0.3, 0.4) is 0 Å². The lowest BCUT2D eigenvalue weighted by atomic mass is 10.0. The van der Waals surface area contributed by atoms with Crippen LogP contribution in [0.1, 0.15) is 18.4 Å². The minimum atomic E-state index is 0.717. The molecule has 1 nitrogen and oxygen atoms in total. The van der Waals surface area contributed by atoms with Crippen molar-refractivity contribution in [3.05, 3.63) is 54.1 Å². The number of rotatable bonds is 4. The summed E-state index contributed by atoms with van der Waals surface area (Å²) in [5.41, 5.74) is 3.06. The summed E-state index contributed by atoms with van der Waals surface area (Å²) in [6.07, 6.45) is 8.14. The van der Waals surface area contributed by atoms with Crippen LogP contribution in [0.15, 0.2) is 48.5 Å². The van der Waals surface area contributed by atoms with Gasteiger partial charge in [-0.1, -0.05) is 48.4 Å². The molecule has 2 aromatic carbocycles. The van der Waals surface area contributed by atoms with E-state index in [1.807, 2.05) is 30.3 Å². The van der Waals surface area contributed by atoms with Crippen molar-refractivity contribution in [1.29, 1.82) is 0 Å². The molecule has 0 amide bonds. The van der Waals surface area contributed by atoms with Crippen molar-refractivity contribution in [2.24, 2.45) is 5.92 Å². The maximum Gasteiger partial charge on any atom is 0.142 e. The van der Waals surface area contributed by atoms with Gasteiger partial charge in [0.2, 0.25) is 0 Å². The largest absolute Gasteiger partial charge is 0.491 e. The minimum absolute atomic E-state index is 0.717. The predicted molar refractivity (Wildman–Crippen MR) is 78.0 cm³/mol. The Bertz CT molecular complexity index is 603. The van der Waals surface area contributed by atoms with Gasteiger partial charge in [-0.25, -0.2) is 0 Å². The quantitative estimate of drug-likeness (QED) is 0.739. The van der Waals surface area contributed by atoms with Crippen molar-refractivity contribution in [2.45, 2.75) is 12.8 Å². The summed E-state index contributed by atoms with van der Waals surface area (Å²) in [5, 5.41) is 0. The number of ether oxygens (including phenoxy) is 1. The molecule has 94 valence electrons. The van der Waals surface area contributed by atoms with Gasteiger partial charge in [0, 0.05) is 5.56 Å². The average Bonchev–Trinajstić information content (AvgIpc) is 3.30. The first-order valence-corrected chi connectivity index (χ1v) is 6.66. The van der Waals surface area contributed by atoms with Crippen LogP contribution < -0.4 is 4.74 Å². The number of para-hydroxylation sites is 1. The van der Waals surface area contributed by atoms with Gasteiger partial charge < -0.3 is 4.74 Å². The van der Waals surface area contributed by atoms with Crippen LogP contribution in [0.2, 0.25) is 0 Å². The van der Waals surface area contributed by atoms with E-state index in [1.165, 1.54) is 12.8 Å². The normalized spacial score (nSPS) is 13.8. The smallest absolute Gasteiger partial charge is 0.142 e. The Hall–Kier alpha value is -2.20. The van der Waals surface area contributed by atoms with Gasteiger partial charge in [0.25, 0.3) is 0 Å². The highest BCUT2D eigenvalue weighted by atomic mass is 16.5. The monoisotopic (exact) mass is 248 g/mol. The van der Waals surface area contributed by atoms with Crippen LogP contribution in [0.25, 0.3) is 11.1 Å². The Morgan fingerprint density at radius 3 is 2.53 bits per heavy atom. The second kappa shape index (κ2) is 5.20. The summed E-state index contributed by atoms with van der Waals surface area (Å²) in [6.45, 7) is 0.776. The van der Waals surface area contributed by atoms with E-state index >= 15 is 0 Å². The molecule has 2 aromatic rings. The molecule has 19 heavy (non-hydrogen) atoms. The molecule has 1 heteroatoms. The summed E-state index contributed by atoms with van der Waals surface area (Å²) >= 11 is 0. The summed E-state index contributed by atoms with van der Waals surface area (Å²) in [4.78, 5) is 0.